The third kappa shape index (κ3) is 5.17. The fourth-order valence-electron chi connectivity index (χ4n) is 2.52. The fourth-order valence-corrected chi connectivity index (χ4v) is 3.49. The molecule has 3 aromatic carbocycles. The average Bonchev–Trinajstić information content (AvgIpc) is 2.72. The first-order chi connectivity index (χ1) is 14.2. The Morgan fingerprint density at radius 1 is 1.03 bits per heavy atom. The molecule has 0 spiro atoms. The van der Waals surface area contributed by atoms with Gasteiger partial charge in [0.2, 0.25) is 0 Å². The third-order valence-electron chi connectivity index (χ3n) is 3.98. The highest BCUT2D eigenvalue weighted by molar-refractivity contribution is 7.87. The Hall–Kier alpha value is -3.79. The third-order valence-corrected chi connectivity index (χ3v) is 5.22. The summed E-state index contributed by atoms with van der Waals surface area (Å²) in [5.74, 6) is -0.913. The quantitative estimate of drug-likeness (QED) is 0.349. The summed E-state index contributed by atoms with van der Waals surface area (Å²) in [7, 11) is -4.29. The lowest BCUT2D eigenvalue weighted by Crippen LogP contribution is -2.22. The van der Waals surface area contributed by atoms with Crippen molar-refractivity contribution in [1.29, 1.82) is 0 Å². The fraction of sp³-hybridized carbons (Fsp3) is 0.0500. The number of nitro groups is 1. The molecule has 0 saturated heterocycles. The summed E-state index contributed by atoms with van der Waals surface area (Å²) in [5.41, 5.74) is 0.447. The molecule has 0 radical (unpaired) electrons. The Kier molecular flexibility index (Phi) is 6.07. The van der Waals surface area contributed by atoms with Crippen molar-refractivity contribution in [2.45, 2.75) is 11.4 Å². The van der Waals surface area contributed by atoms with Gasteiger partial charge in [-0.2, -0.15) is 8.42 Å². The van der Waals surface area contributed by atoms with Crippen molar-refractivity contribution in [3.8, 4) is 5.75 Å². The minimum atomic E-state index is -4.29. The van der Waals surface area contributed by atoms with E-state index in [4.69, 9.17) is 4.18 Å². The van der Waals surface area contributed by atoms with E-state index >= 15 is 0 Å². The Balaban J connectivity index is 1.67. The number of benzene rings is 3. The van der Waals surface area contributed by atoms with E-state index in [0.717, 1.165) is 12.1 Å². The van der Waals surface area contributed by atoms with Gasteiger partial charge >= 0.3 is 10.1 Å². The smallest absolute Gasteiger partial charge is 0.339 e. The summed E-state index contributed by atoms with van der Waals surface area (Å²) >= 11 is 0. The molecule has 1 amide bonds. The summed E-state index contributed by atoms with van der Waals surface area (Å²) in [4.78, 5) is 21.9. The molecule has 0 saturated carbocycles. The van der Waals surface area contributed by atoms with E-state index < -0.39 is 26.8 Å². The molecular weight excluding hydrogens is 415 g/mol. The van der Waals surface area contributed by atoms with Gasteiger partial charge in [0.1, 0.15) is 16.5 Å². The van der Waals surface area contributed by atoms with Crippen LogP contribution in [0.25, 0.3) is 0 Å². The number of halogens is 1. The molecule has 0 unspecified atom stereocenters. The van der Waals surface area contributed by atoms with Crippen LogP contribution in [0, 0.1) is 15.9 Å². The number of hydrogen-bond donors (Lipinski definition) is 1. The molecule has 8 nitrogen and oxygen atoms in total. The van der Waals surface area contributed by atoms with E-state index in [1.165, 1.54) is 54.6 Å². The molecule has 0 aliphatic heterocycles. The van der Waals surface area contributed by atoms with E-state index in [1.807, 2.05) is 0 Å². The molecule has 3 aromatic rings. The minimum Gasteiger partial charge on any atom is -0.379 e. The number of nitrogens with one attached hydrogen (secondary N) is 1. The van der Waals surface area contributed by atoms with E-state index in [1.54, 1.807) is 6.07 Å². The van der Waals surface area contributed by atoms with E-state index in [-0.39, 0.29) is 28.4 Å². The Labute approximate surface area is 171 Å². The summed E-state index contributed by atoms with van der Waals surface area (Å²) in [6, 6.07) is 15.6. The number of nitro benzene ring substituents is 1. The second-order valence-electron chi connectivity index (χ2n) is 6.13. The van der Waals surface area contributed by atoms with Gasteiger partial charge in [-0.05, 0) is 48.0 Å². The second-order valence-corrected chi connectivity index (χ2v) is 7.68. The lowest BCUT2D eigenvalue weighted by Gasteiger charge is -2.09. The predicted octanol–water partition coefficient (Wildman–Crippen LogP) is 3.43. The molecule has 0 fully saturated rings. The Bertz CT molecular complexity index is 1200. The van der Waals surface area contributed by atoms with Gasteiger partial charge < -0.3 is 9.50 Å². The number of hydrogen-bond acceptors (Lipinski definition) is 6. The predicted molar refractivity (Wildman–Crippen MR) is 105 cm³/mol. The van der Waals surface area contributed by atoms with Crippen LogP contribution in [-0.4, -0.2) is 19.2 Å². The van der Waals surface area contributed by atoms with Gasteiger partial charge in [-0.3, -0.25) is 14.9 Å². The van der Waals surface area contributed by atoms with Crippen molar-refractivity contribution in [2.75, 3.05) is 0 Å². The van der Waals surface area contributed by atoms with Crippen LogP contribution in [0.5, 0.6) is 5.75 Å². The summed E-state index contributed by atoms with van der Waals surface area (Å²) in [6.45, 7) is 0.121. The molecule has 0 heterocycles. The number of rotatable bonds is 7. The molecule has 30 heavy (non-hydrogen) atoms. The maximum absolute atomic E-state index is 13.2. The Morgan fingerprint density at radius 3 is 2.40 bits per heavy atom. The van der Waals surface area contributed by atoms with Gasteiger partial charge in [-0.15, -0.1) is 0 Å². The average molecular weight is 430 g/mol. The molecule has 0 aliphatic carbocycles. The Morgan fingerprint density at radius 2 is 1.73 bits per heavy atom. The number of non-ortho nitro benzene ring substituents is 1. The zero-order valence-electron chi connectivity index (χ0n) is 15.3. The minimum absolute atomic E-state index is 0.0665. The molecule has 1 N–H and O–H groups in total. The van der Waals surface area contributed by atoms with Crippen molar-refractivity contribution in [3.05, 3.63) is 99.9 Å². The van der Waals surface area contributed by atoms with Crippen LogP contribution in [-0.2, 0) is 16.7 Å². The van der Waals surface area contributed by atoms with Crippen LogP contribution in [0.3, 0.4) is 0 Å². The molecular formula is C20H15FN2O6S. The van der Waals surface area contributed by atoms with Gasteiger partial charge in [0.05, 0.1) is 4.92 Å². The highest BCUT2D eigenvalue weighted by atomic mass is 32.2. The summed E-state index contributed by atoms with van der Waals surface area (Å²) in [5, 5.41) is 13.4. The van der Waals surface area contributed by atoms with E-state index in [0.29, 0.717) is 5.56 Å². The van der Waals surface area contributed by atoms with Crippen molar-refractivity contribution in [2.24, 2.45) is 0 Å². The zero-order valence-corrected chi connectivity index (χ0v) is 16.1. The van der Waals surface area contributed by atoms with E-state index in [2.05, 4.69) is 5.32 Å². The lowest BCUT2D eigenvalue weighted by atomic mass is 10.2. The van der Waals surface area contributed by atoms with Gasteiger partial charge in [0, 0.05) is 24.2 Å². The van der Waals surface area contributed by atoms with Crippen LogP contribution < -0.4 is 9.50 Å². The monoisotopic (exact) mass is 430 g/mol. The largest absolute Gasteiger partial charge is 0.379 e. The van der Waals surface area contributed by atoms with Gasteiger partial charge in [0.25, 0.3) is 11.6 Å². The van der Waals surface area contributed by atoms with Crippen molar-refractivity contribution in [1.82, 2.24) is 5.32 Å². The maximum Gasteiger partial charge on any atom is 0.339 e. The van der Waals surface area contributed by atoms with Gasteiger partial charge in [-0.1, -0.05) is 18.2 Å². The first kappa shape index (κ1) is 20.9. The van der Waals surface area contributed by atoms with Gasteiger partial charge in [-0.25, -0.2) is 4.39 Å². The zero-order chi connectivity index (χ0) is 21.7. The molecule has 3 rings (SSSR count). The van der Waals surface area contributed by atoms with Crippen LogP contribution >= 0.6 is 0 Å². The first-order valence-corrected chi connectivity index (χ1v) is 9.97. The number of amides is 1. The first-order valence-electron chi connectivity index (χ1n) is 8.56. The van der Waals surface area contributed by atoms with Gasteiger partial charge in [0.15, 0.2) is 0 Å². The van der Waals surface area contributed by atoms with Crippen molar-refractivity contribution in [3.63, 3.8) is 0 Å². The molecule has 0 aliphatic rings. The lowest BCUT2D eigenvalue weighted by molar-refractivity contribution is -0.385. The number of carbonyl (C=O) groups excluding carboxylic acids is 1. The highest BCUT2D eigenvalue weighted by Crippen LogP contribution is 2.22. The van der Waals surface area contributed by atoms with E-state index in [9.17, 15) is 27.7 Å². The van der Waals surface area contributed by atoms with Crippen LogP contribution in [0.1, 0.15) is 15.9 Å². The standard InChI is InChI=1S/C20H15FN2O6S/c21-16-4-1-3-14(11-16)13-22-20(24)15-7-9-18(10-8-15)29-30(27,28)19-6-2-5-17(12-19)23(25)26/h1-12H,13H2,(H,22,24). The number of carbonyl (C=O) groups is 1. The molecule has 10 heteroatoms. The molecule has 0 atom stereocenters. The summed E-state index contributed by atoms with van der Waals surface area (Å²) < 4.78 is 42.8. The summed E-state index contributed by atoms with van der Waals surface area (Å²) in [6.07, 6.45) is 0. The molecule has 0 aromatic heterocycles. The van der Waals surface area contributed by atoms with Crippen LogP contribution in [0.2, 0.25) is 0 Å². The highest BCUT2D eigenvalue weighted by Gasteiger charge is 2.20. The molecule has 0 bridgehead atoms. The van der Waals surface area contributed by atoms with Crippen molar-refractivity contribution >= 4 is 21.7 Å². The number of nitrogens with zero attached hydrogens (tertiary/aromatic N) is 1. The van der Waals surface area contributed by atoms with Crippen LogP contribution in [0.4, 0.5) is 10.1 Å². The van der Waals surface area contributed by atoms with Crippen LogP contribution in [0.15, 0.2) is 77.7 Å². The van der Waals surface area contributed by atoms with Crippen molar-refractivity contribution < 1.29 is 26.7 Å². The molecule has 154 valence electrons. The topological polar surface area (TPSA) is 116 Å². The SMILES string of the molecule is O=C(NCc1cccc(F)c1)c1ccc(OS(=O)(=O)c2cccc([N+](=O)[O-])c2)cc1. The maximum atomic E-state index is 13.2. The second kappa shape index (κ2) is 8.70. The normalized spacial score (nSPS) is 11.0.